The highest BCUT2D eigenvalue weighted by atomic mass is 32.2. The lowest BCUT2D eigenvalue weighted by atomic mass is 10.1. The zero-order valence-corrected chi connectivity index (χ0v) is 15.7. The zero-order valence-electron chi connectivity index (χ0n) is 14.9. The van der Waals surface area contributed by atoms with Crippen molar-refractivity contribution in [3.63, 3.8) is 0 Å². The number of ether oxygens (including phenoxy) is 1. The Morgan fingerprint density at radius 1 is 1.25 bits per heavy atom. The first kappa shape index (κ1) is 20.4. The summed E-state index contributed by atoms with van der Waals surface area (Å²) in [6.45, 7) is 6.24. The van der Waals surface area contributed by atoms with Crippen molar-refractivity contribution in [2.24, 2.45) is 0 Å². The third-order valence-electron chi connectivity index (χ3n) is 3.61. The number of thioether (sulfide) groups is 1. The molecule has 0 spiro atoms. The number of rotatable bonds is 10. The van der Waals surface area contributed by atoms with Gasteiger partial charge in [-0.25, -0.2) is 0 Å². The summed E-state index contributed by atoms with van der Waals surface area (Å²) in [6.07, 6.45) is 2.97. The van der Waals surface area contributed by atoms with E-state index in [4.69, 9.17) is 4.74 Å². The summed E-state index contributed by atoms with van der Waals surface area (Å²) < 4.78 is 5.50. The lowest BCUT2D eigenvalue weighted by Crippen LogP contribution is -2.47. The number of amides is 2. The molecule has 1 rings (SSSR count). The minimum atomic E-state index is -0.498. The highest BCUT2D eigenvalue weighted by Gasteiger charge is 2.21. The Balaban J connectivity index is 2.73. The quantitative estimate of drug-likeness (QED) is 0.679. The van der Waals surface area contributed by atoms with E-state index in [1.54, 1.807) is 18.7 Å². The number of benzene rings is 1. The van der Waals surface area contributed by atoms with Gasteiger partial charge in [0.1, 0.15) is 11.8 Å². The largest absolute Gasteiger partial charge is 0.494 e. The van der Waals surface area contributed by atoms with Crippen molar-refractivity contribution in [3.05, 3.63) is 29.8 Å². The van der Waals surface area contributed by atoms with Gasteiger partial charge in [-0.05, 0) is 50.0 Å². The van der Waals surface area contributed by atoms with E-state index in [-0.39, 0.29) is 17.9 Å². The van der Waals surface area contributed by atoms with Crippen LogP contribution in [0.1, 0.15) is 45.2 Å². The van der Waals surface area contributed by atoms with Gasteiger partial charge in [0.15, 0.2) is 0 Å². The maximum Gasteiger partial charge on any atom is 0.243 e. The fourth-order valence-electron chi connectivity index (χ4n) is 2.24. The summed E-state index contributed by atoms with van der Waals surface area (Å²) >= 11 is 1.66. The van der Waals surface area contributed by atoms with Crippen molar-refractivity contribution in [2.45, 2.75) is 45.7 Å². The van der Waals surface area contributed by atoms with E-state index < -0.39 is 6.04 Å². The van der Waals surface area contributed by atoms with Gasteiger partial charge in [0, 0.05) is 6.42 Å². The number of carbonyl (C=O) groups is 2. The van der Waals surface area contributed by atoms with Crippen LogP contribution >= 0.6 is 11.8 Å². The fraction of sp³-hybridized carbons (Fsp3) is 0.556. The summed E-state index contributed by atoms with van der Waals surface area (Å²) in [5.41, 5.74) is 0.972. The average Bonchev–Trinajstić information content (AvgIpc) is 2.58. The number of hydrogen-bond acceptors (Lipinski definition) is 4. The highest BCUT2D eigenvalue weighted by Crippen LogP contribution is 2.19. The Morgan fingerprint density at radius 2 is 2.00 bits per heavy atom. The highest BCUT2D eigenvalue weighted by molar-refractivity contribution is 7.98. The molecular formula is C18H28N2O3S. The van der Waals surface area contributed by atoms with Crippen LogP contribution in [0.25, 0.3) is 0 Å². The molecule has 0 aliphatic carbocycles. The lowest BCUT2D eigenvalue weighted by molar-refractivity contribution is -0.129. The van der Waals surface area contributed by atoms with E-state index in [1.165, 1.54) is 0 Å². The molecule has 0 unspecified atom stereocenters. The molecule has 2 N–H and O–H groups in total. The first-order valence-electron chi connectivity index (χ1n) is 8.33. The SMILES string of the molecule is CCOc1cccc([C@@H](C)NC(=O)[C@H](CCSC)NC(=O)CC)c1. The lowest BCUT2D eigenvalue weighted by Gasteiger charge is -2.21. The molecule has 0 saturated heterocycles. The van der Waals surface area contributed by atoms with Crippen molar-refractivity contribution in [2.75, 3.05) is 18.6 Å². The molecule has 134 valence electrons. The molecule has 24 heavy (non-hydrogen) atoms. The Hall–Kier alpha value is -1.69. The van der Waals surface area contributed by atoms with Crippen LogP contribution in [-0.4, -0.2) is 36.5 Å². The second-order valence-corrected chi connectivity index (χ2v) is 6.48. The summed E-state index contributed by atoms with van der Waals surface area (Å²) in [6, 6.07) is 7.03. The van der Waals surface area contributed by atoms with E-state index >= 15 is 0 Å². The molecule has 1 aromatic rings. The Labute approximate surface area is 148 Å². The van der Waals surface area contributed by atoms with Crippen molar-refractivity contribution in [1.29, 1.82) is 0 Å². The van der Waals surface area contributed by atoms with Crippen molar-refractivity contribution in [1.82, 2.24) is 10.6 Å². The molecule has 5 nitrogen and oxygen atoms in total. The molecule has 0 fully saturated rings. The summed E-state index contributed by atoms with van der Waals surface area (Å²) in [7, 11) is 0. The van der Waals surface area contributed by atoms with E-state index in [1.807, 2.05) is 44.4 Å². The third-order valence-corrected chi connectivity index (χ3v) is 4.26. The van der Waals surface area contributed by atoms with Gasteiger partial charge in [-0.1, -0.05) is 19.1 Å². The van der Waals surface area contributed by atoms with Crippen LogP contribution in [0.4, 0.5) is 0 Å². The number of carbonyl (C=O) groups excluding carboxylic acids is 2. The molecule has 0 radical (unpaired) electrons. The molecule has 6 heteroatoms. The molecule has 2 atom stereocenters. The van der Waals surface area contributed by atoms with Crippen molar-refractivity contribution >= 4 is 23.6 Å². The maximum absolute atomic E-state index is 12.5. The number of nitrogens with one attached hydrogen (secondary N) is 2. The van der Waals surface area contributed by atoms with Gasteiger partial charge >= 0.3 is 0 Å². The topological polar surface area (TPSA) is 67.4 Å². The van der Waals surface area contributed by atoms with Crippen LogP contribution in [0.3, 0.4) is 0 Å². The summed E-state index contributed by atoms with van der Waals surface area (Å²) in [5, 5.41) is 5.79. The Bertz CT molecular complexity index is 537. The second-order valence-electron chi connectivity index (χ2n) is 5.49. The van der Waals surface area contributed by atoms with Crippen LogP contribution in [0.2, 0.25) is 0 Å². The van der Waals surface area contributed by atoms with Crippen LogP contribution in [-0.2, 0) is 9.59 Å². The van der Waals surface area contributed by atoms with Crippen LogP contribution < -0.4 is 15.4 Å². The van der Waals surface area contributed by atoms with Crippen molar-refractivity contribution in [3.8, 4) is 5.75 Å². The van der Waals surface area contributed by atoms with Crippen molar-refractivity contribution < 1.29 is 14.3 Å². The van der Waals surface area contributed by atoms with Gasteiger partial charge in [0.2, 0.25) is 11.8 Å². The smallest absolute Gasteiger partial charge is 0.243 e. The minimum absolute atomic E-state index is 0.109. The minimum Gasteiger partial charge on any atom is -0.494 e. The van der Waals surface area contributed by atoms with Gasteiger partial charge < -0.3 is 15.4 Å². The van der Waals surface area contributed by atoms with Gasteiger partial charge in [0.25, 0.3) is 0 Å². The van der Waals surface area contributed by atoms with Crippen LogP contribution in [0.5, 0.6) is 5.75 Å². The van der Waals surface area contributed by atoms with Crippen LogP contribution in [0, 0.1) is 0 Å². The van der Waals surface area contributed by atoms with Gasteiger partial charge in [0.05, 0.1) is 12.6 Å². The summed E-state index contributed by atoms with van der Waals surface area (Å²) in [5.74, 6) is 1.34. The molecular weight excluding hydrogens is 324 g/mol. The molecule has 0 aliphatic heterocycles. The van der Waals surface area contributed by atoms with Gasteiger partial charge in [-0.15, -0.1) is 0 Å². The Kier molecular flexibility index (Phi) is 9.30. The van der Waals surface area contributed by atoms with E-state index in [2.05, 4.69) is 10.6 Å². The average molecular weight is 353 g/mol. The normalized spacial score (nSPS) is 13.0. The molecule has 0 aliphatic rings. The van der Waals surface area contributed by atoms with E-state index in [0.29, 0.717) is 19.4 Å². The first-order valence-corrected chi connectivity index (χ1v) is 9.72. The van der Waals surface area contributed by atoms with Crippen LogP contribution in [0.15, 0.2) is 24.3 Å². The predicted octanol–water partition coefficient (Wildman–Crippen LogP) is 2.91. The molecule has 0 aromatic heterocycles. The summed E-state index contributed by atoms with van der Waals surface area (Å²) in [4.78, 5) is 24.2. The standard InChI is InChI=1S/C18H28N2O3S/c1-5-17(21)20-16(10-11-24-4)18(22)19-13(3)14-8-7-9-15(12-14)23-6-2/h7-9,12-13,16H,5-6,10-11H2,1-4H3,(H,19,22)(H,20,21)/t13-,16+/m1/s1. The zero-order chi connectivity index (χ0) is 17.9. The number of hydrogen-bond donors (Lipinski definition) is 2. The van der Waals surface area contributed by atoms with Gasteiger partial charge in [-0.2, -0.15) is 11.8 Å². The second kappa shape index (κ2) is 11.0. The molecule has 0 saturated carbocycles. The molecule has 2 amide bonds. The first-order chi connectivity index (χ1) is 11.5. The molecule has 1 aromatic carbocycles. The molecule has 0 bridgehead atoms. The maximum atomic E-state index is 12.5. The van der Waals surface area contributed by atoms with Gasteiger partial charge in [-0.3, -0.25) is 9.59 Å². The molecule has 0 heterocycles. The predicted molar refractivity (Wildman–Crippen MR) is 99.4 cm³/mol. The van der Waals surface area contributed by atoms with E-state index in [0.717, 1.165) is 17.1 Å². The Morgan fingerprint density at radius 3 is 2.62 bits per heavy atom. The monoisotopic (exact) mass is 352 g/mol. The van der Waals surface area contributed by atoms with E-state index in [9.17, 15) is 9.59 Å². The third kappa shape index (κ3) is 6.83. The fourth-order valence-corrected chi connectivity index (χ4v) is 2.71.